The Morgan fingerprint density at radius 3 is 2.89 bits per heavy atom. The Hall–Kier alpha value is -1.06. The molecule has 18 heavy (non-hydrogen) atoms. The van der Waals surface area contributed by atoms with E-state index in [0.717, 1.165) is 50.2 Å². The van der Waals surface area contributed by atoms with Gasteiger partial charge in [0.1, 0.15) is 11.5 Å². The minimum Gasteiger partial charge on any atom is -0.463 e. The maximum absolute atomic E-state index is 5.85. The van der Waals surface area contributed by atoms with E-state index >= 15 is 0 Å². The molecule has 1 N–H and O–H groups in total. The molecule has 1 heterocycles. The molecule has 0 spiro atoms. The third kappa shape index (κ3) is 4.00. The Kier molecular flexibility index (Phi) is 5.02. The van der Waals surface area contributed by atoms with Gasteiger partial charge in [0.25, 0.3) is 0 Å². The first-order valence-electron chi connectivity index (χ1n) is 6.96. The Balaban J connectivity index is 1.82. The molecule has 2 rings (SSSR count). The molecule has 100 valence electrons. The summed E-state index contributed by atoms with van der Waals surface area (Å²) >= 11 is 0. The minimum absolute atomic E-state index is 0.745. The lowest BCUT2D eigenvalue weighted by atomic mass is 10.3. The molecule has 1 aliphatic rings. The zero-order valence-corrected chi connectivity index (χ0v) is 11.3. The van der Waals surface area contributed by atoms with Gasteiger partial charge in [-0.15, -0.1) is 6.58 Å². The Labute approximate surface area is 110 Å². The van der Waals surface area contributed by atoms with E-state index < -0.39 is 0 Å². The molecule has 3 nitrogen and oxygen atoms in total. The van der Waals surface area contributed by atoms with Crippen molar-refractivity contribution >= 4 is 0 Å². The van der Waals surface area contributed by atoms with Crippen molar-refractivity contribution in [2.24, 2.45) is 0 Å². The van der Waals surface area contributed by atoms with Crippen LogP contribution < -0.4 is 5.32 Å². The van der Waals surface area contributed by atoms with Crippen LogP contribution in [0, 0.1) is 0 Å². The molecule has 1 fully saturated rings. The Morgan fingerprint density at radius 2 is 2.22 bits per heavy atom. The summed E-state index contributed by atoms with van der Waals surface area (Å²) < 4.78 is 5.85. The average molecular weight is 248 g/mol. The molecule has 0 amide bonds. The van der Waals surface area contributed by atoms with Gasteiger partial charge in [0.15, 0.2) is 0 Å². The second-order valence-corrected chi connectivity index (χ2v) is 4.99. The predicted molar refractivity (Wildman–Crippen MR) is 74.3 cm³/mol. The summed E-state index contributed by atoms with van der Waals surface area (Å²) in [5.74, 6) is 2.10. The number of rotatable bonds is 9. The molecule has 0 unspecified atom stereocenters. The lowest BCUT2D eigenvalue weighted by Gasteiger charge is -2.18. The molecule has 1 aromatic rings. The standard InChI is InChI=1S/C15H24N2O/c1-3-9-16-11-14-7-8-15(18-14)12-17(10-4-2)13-5-6-13/h4,7-8,13,16H,2-3,5-6,9-12H2,1H3. The van der Waals surface area contributed by atoms with Crippen LogP contribution >= 0.6 is 0 Å². The lowest BCUT2D eigenvalue weighted by molar-refractivity contribution is 0.255. The van der Waals surface area contributed by atoms with Gasteiger partial charge in [-0.3, -0.25) is 4.90 Å². The number of nitrogens with one attached hydrogen (secondary N) is 1. The number of furan rings is 1. The summed E-state index contributed by atoms with van der Waals surface area (Å²) in [5, 5.41) is 3.35. The highest BCUT2D eigenvalue weighted by Crippen LogP contribution is 2.28. The van der Waals surface area contributed by atoms with Gasteiger partial charge in [-0.05, 0) is 37.9 Å². The number of hydrogen-bond acceptors (Lipinski definition) is 3. The van der Waals surface area contributed by atoms with Gasteiger partial charge in [0.2, 0.25) is 0 Å². The average Bonchev–Trinajstić information content (AvgIpc) is 3.12. The van der Waals surface area contributed by atoms with Gasteiger partial charge in [0.05, 0.1) is 13.1 Å². The number of nitrogens with zero attached hydrogens (tertiary/aromatic N) is 1. The van der Waals surface area contributed by atoms with Crippen LogP contribution in [-0.4, -0.2) is 24.0 Å². The second-order valence-electron chi connectivity index (χ2n) is 4.99. The summed E-state index contributed by atoms with van der Waals surface area (Å²) in [6, 6.07) is 4.92. The molecular formula is C15H24N2O. The molecule has 0 radical (unpaired) electrons. The molecule has 0 aliphatic heterocycles. The molecule has 1 aromatic heterocycles. The quantitative estimate of drug-likeness (QED) is 0.538. The Bertz CT molecular complexity index is 368. The zero-order chi connectivity index (χ0) is 12.8. The summed E-state index contributed by atoms with van der Waals surface area (Å²) in [6.07, 6.45) is 5.77. The van der Waals surface area contributed by atoms with Crippen LogP contribution in [0.3, 0.4) is 0 Å². The first-order chi connectivity index (χ1) is 8.83. The van der Waals surface area contributed by atoms with Crippen molar-refractivity contribution in [2.75, 3.05) is 13.1 Å². The van der Waals surface area contributed by atoms with Gasteiger partial charge in [-0.25, -0.2) is 0 Å². The van der Waals surface area contributed by atoms with Crippen LogP contribution in [-0.2, 0) is 13.1 Å². The van der Waals surface area contributed by atoms with E-state index in [2.05, 4.69) is 35.9 Å². The first-order valence-corrected chi connectivity index (χ1v) is 6.96. The van der Waals surface area contributed by atoms with Gasteiger partial charge < -0.3 is 9.73 Å². The Morgan fingerprint density at radius 1 is 1.44 bits per heavy atom. The van der Waals surface area contributed by atoms with Gasteiger partial charge in [-0.2, -0.15) is 0 Å². The molecule has 0 aromatic carbocycles. The molecule has 3 heteroatoms. The third-order valence-corrected chi connectivity index (χ3v) is 3.23. The zero-order valence-electron chi connectivity index (χ0n) is 11.3. The molecule has 0 bridgehead atoms. The first kappa shape index (κ1) is 13.4. The van der Waals surface area contributed by atoms with E-state index in [-0.39, 0.29) is 0 Å². The van der Waals surface area contributed by atoms with E-state index in [1.807, 2.05) is 6.08 Å². The van der Waals surface area contributed by atoms with Crippen LogP contribution in [0.4, 0.5) is 0 Å². The largest absolute Gasteiger partial charge is 0.463 e. The summed E-state index contributed by atoms with van der Waals surface area (Å²) in [4.78, 5) is 2.44. The van der Waals surface area contributed by atoms with E-state index in [4.69, 9.17) is 4.42 Å². The van der Waals surface area contributed by atoms with E-state index in [0.29, 0.717) is 0 Å². The minimum atomic E-state index is 0.745. The highest BCUT2D eigenvalue weighted by Gasteiger charge is 2.28. The monoisotopic (exact) mass is 248 g/mol. The van der Waals surface area contributed by atoms with Crippen LogP contribution in [0.2, 0.25) is 0 Å². The van der Waals surface area contributed by atoms with Gasteiger partial charge >= 0.3 is 0 Å². The van der Waals surface area contributed by atoms with Crippen molar-refractivity contribution in [2.45, 2.75) is 45.3 Å². The third-order valence-electron chi connectivity index (χ3n) is 3.23. The summed E-state index contributed by atoms with van der Waals surface area (Å²) in [6.45, 7) is 9.73. The fraction of sp³-hybridized carbons (Fsp3) is 0.600. The topological polar surface area (TPSA) is 28.4 Å². The lowest BCUT2D eigenvalue weighted by Crippen LogP contribution is -2.25. The highest BCUT2D eigenvalue weighted by atomic mass is 16.3. The smallest absolute Gasteiger partial charge is 0.118 e. The molecule has 1 aliphatic carbocycles. The van der Waals surface area contributed by atoms with E-state index in [1.54, 1.807) is 0 Å². The fourth-order valence-electron chi connectivity index (χ4n) is 2.14. The second kappa shape index (κ2) is 6.76. The fourth-order valence-corrected chi connectivity index (χ4v) is 2.14. The van der Waals surface area contributed by atoms with Crippen molar-refractivity contribution in [1.29, 1.82) is 0 Å². The van der Waals surface area contributed by atoms with Crippen LogP contribution in [0.25, 0.3) is 0 Å². The van der Waals surface area contributed by atoms with Crippen LogP contribution in [0.5, 0.6) is 0 Å². The maximum atomic E-state index is 5.85. The van der Waals surface area contributed by atoms with Crippen LogP contribution in [0.1, 0.15) is 37.7 Å². The van der Waals surface area contributed by atoms with Crippen LogP contribution in [0.15, 0.2) is 29.2 Å². The van der Waals surface area contributed by atoms with Crippen molar-refractivity contribution in [1.82, 2.24) is 10.2 Å². The van der Waals surface area contributed by atoms with E-state index in [9.17, 15) is 0 Å². The predicted octanol–water partition coefficient (Wildman–Crippen LogP) is 2.93. The molecule has 0 atom stereocenters. The van der Waals surface area contributed by atoms with Crippen molar-refractivity contribution in [3.05, 3.63) is 36.3 Å². The number of hydrogen-bond donors (Lipinski definition) is 1. The van der Waals surface area contributed by atoms with E-state index in [1.165, 1.54) is 12.8 Å². The maximum Gasteiger partial charge on any atom is 0.118 e. The summed E-state index contributed by atoms with van der Waals surface area (Å²) in [5.41, 5.74) is 0. The normalized spacial score (nSPS) is 15.2. The molecule has 1 saturated carbocycles. The highest BCUT2D eigenvalue weighted by molar-refractivity contribution is 5.08. The van der Waals surface area contributed by atoms with Gasteiger partial charge in [0, 0.05) is 12.6 Å². The van der Waals surface area contributed by atoms with Crippen molar-refractivity contribution < 1.29 is 4.42 Å². The van der Waals surface area contributed by atoms with Gasteiger partial charge in [-0.1, -0.05) is 13.0 Å². The molecule has 0 saturated heterocycles. The summed E-state index contributed by atoms with van der Waals surface area (Å²) in [7, 11) is 0. The molecular weight excluding hydrogens is 224 g/mol. The van der Waals surface area contributed by atoms with Crippen molar-refractivity contribution in [3.63, 3.8) is 0 Å². The van der Waals surface area contributed by atoms with Crippen molar-refractivity contribution in [3.8, 4) is 0 Å². The SMILES string of the molecule is C=CCN(Cc1ccc(CNCCC)o1)C1CC1.